The van der Waals surface area contributed by atoms with E-state index >= 15 is 0 Å². The summed E-state index contributed by atoms with van der Waals surface area (Å²) in [5, 5.41) is 14.4. The summed E-state index contributed by atoms with van der Waals surface area (Å²) in [4.78, 5) is 22.5. The van der Waals surface area contributed by atoms with E-state index in [1.165, 1.54) is 19.4 Å². The number of hydrogen-bond acceptors (Lipinski definition) is 6. The van der Waals surface area contributed by atoms with Crippen LogP contribution in [0.15, 0.2) is 28.1 Å². The van der Waals surface area contributed by atoms with Gasteiger partial charge in [0.15, 0.2) is 5.71 Å². The van der Waals surface area contributed by atoms with Gasteiger partial charge in [-0.05, 0) is 6.92 Å². The predicted molar refractivity (Wildman–Crippen MR) is 72.9 cm³/mol. The molecule has 0 unspecified atom stereocenters. The number of halogens is 1. The van der Waals surface area contributed by atoms with Gasteiger partial charge in [0, 0.05) is 19.5 Å². The van der Waals surface area contributed by atoms with Gasteiger partial charge in [0.1, 0.15) is 5.70 Å². The molecule has 7 nitrogen and oxygen atoms in total. The number of carbonyl (C=O) groups excluding carboxylic acids is 2. The van der Waals surface area contributed by atoms with Gasteiger partial charge in [-0.25, -0.2) is 4.79 Å². The largest absolute Gasteiger partial charge is 0.464 e. The number of hydrogen-bond donors (Lipinski definition) is 2. The first-order chi connectivity index (χ1) is 9.05. The van der Waals surface area contributed by atoms with Crippen LogP contribution >= 0.6 is 11.6 Å². The van der Waals surface area contributed by atoms with Crippen LogP contribution in [-0.2, 0) is 14.3 Å². The Morgan fingerprint density at radius 1 is 1.53 bits per heavy atom. The average molecular weight is 287 g/mol. The Labute approximate surface area is 116 Å². The van der Waals surface area contributed by atoms with Gasteiger partial charge in [0.25, 0.3) is 0 Å². The molecule has 104 valence electrons. The summed E-state index contributed by atoms with van der Waals surface area (Å²) < 4.78 is 4.52. The summed E-state index contributed by atoms with van der Waals surface area (Å²) in [6.07, 6.45) is 4.04. The van der Waals surface area contributed by atoms with Crippen LogP contribution in [0.25, 0.3) is 0 Å². The van der Waals surface area contributed by atoms with Gasteiger partial charge in [-0.1, -0.05) is 17.7 Å². The minimum Gasteiger partial charge on any atom is -0.464 e. The minimum absolute atomic E-state index is 0.0347. The van der Waals surface area contributed by atoms with Crippen molar-refractivity contribution in [3.05, 3.63) is 23.0 Å². The van der Waals surface area contributed by atoms with Crippen molar-refractivity contribution in [2.45, 2.75) is 6.92 Å². The fourth-order valence-corrected chi connectivity index (χ4v) is 1.11. The highest BCUT2D eigenvalue weighted by molar-refractivity contribution is 6.58. The van der Waals surface area contributed by atoms with E-state index in [0.29, 0.717) is 6.41 Å². The third-order valence-corrected chi connectivity index (χ3v) is 2.27. The van der Waals surface area contributed by atoms with Crippen LogP contribution in [0, 0.1) is 5.41 Å². The number of rotatable bonds is 7. The summed E-state index contributed by atoms with van der Waals surface area (Å²) in [6.45, 7) is 1.60. The number of carbonyl (C=O) groups is 2. The van der Waals surface area contributed by atoms with Gasteiger partial charge in [0.2, 0.25) is 6.41 Å². The van der Waals surface area contributed by atoms with Crippen molar-refractivity contribution in [1.29, 1.82) is 5.41 Å². The molecule has 0 saturated heterocycles. The van der Waals surface area contributed by atoms with Gasteiger partial charge >= 0.3 is 5.97 Å². The Morgan fingerprint density at radius 2 is 2.16 bits per heavy atom. The van der Waals surface area contributed by atoms with Crippen molar-refractivity contribution in [2.24, 2.45) is 5.10 Å². The molecule has 0 fully saturated rings. The SMILES string of the molecule is C/C=C(Cl)\C(=N/N(C=O)/C(C=N)=C/NC)C(=O)OC. The number of hydrazone groups is 1. The molecule has 0 heterocycles. The van der Waals surface area contributed by atoms with E-state index in [4.69, 9.17) is 17.0 Å². The van der Waals surface area contributed by atoms with Crippen LogP contribution in [-0.4, -0.2) is 43.5 Å². The number of allylic oxidation sites excluding steroid dienone is 2. The zero-order chi connectivity index (χ0) is 14.8. The lowest BCUT2D eigenvalue weighted by Crippen LogP contribution is -2.24. The third kappa shape index (κ3) is 4.92. The molecule has 0 saturated carbocycles. The molecule has 0 aromatic carbocycles. The van der Waals surface area contributed by atoms with E-state index in [1.54, 1.807) is 14.0 Å². The second-order valence-corrected chi connectivity index (χ2v) is 3.44. The highest BCUT2D eigenvalue weighted by atomic mass is 35.5. The Kier molecular flexibility index (Phi) is 7.87. The number of nitrogens with one attached hydrogen (secondary N) is 2. The molecular weight excluding hydrogens is 272 g/mol. The fraction of sp³-hybridized carbons (Fsp3) is 0.273. The van der Waals surface area contributed by atoms with Crippen molar-refractivity contribution in [2.75, 3.05) is 14.2 Å². The molecule has 0 aromatic rings. The van der Waals surface area contributed by atoms with Crippen LogP contribution < -0.4 is 5.32 Å². The van der Waals surface area contributed by atoms with E-state index in [-0.39, 0.29) is 16.4 Å². The molecule has 0 aliphatic rings. The molecule has 0 atom stereocenters. The number of amides is 1. The molecule has 0 spiro atoms. The van der Waals surface area contributed by atoms with Gasteiger partial charge in [0.05, 0.1) is 12.1 Å². The molecule has 0 rings (SSSR count). The van der Waals surface area contributed by atoms with E-state index in [9.17, 15) is 9.59 Å². The number of esters is 1. The first-order valence-electron chi connectivity index (χ1n) is 5.17. The number of methoxy groups -OCH3 is 1. The maximum absolute atomic E-state index is 11.5. The minimum atomic E-state index is -0.788. The zero-order valence-electron chi connectivity index (χ0n) is 10.8. The highest BCUT2D eigenvalue weighted by Gasteiger charge is 2.18. The summed E-state index contributed by atoms with van der Waals surface area (Å²) in [5.74, 6) is -0.788. The smallest absolute Gasteiger partial charge is 0.360 e. The van der Waals surface area contributed by atoms with Crippen LogP contribution in [0.2, 0.25) is 0 Å². The summed E-state index contributed by atoms with van der Waals surface area (Å²) in [5.41, 5.74) is -0.109. The lowest BCUT2D eigenvalue weighted by molar-refractivity contribution is -0.132. The predicted octanol–water partition coefficient (Wildman–Crippen LogP) is 0.827. The van der Waals surface area contributed by atoms with Crippen molar-refractivity contribution in [3.8, 4) is 0 Å². The highest BCUT2D eigenvalue weighted by Crippen LogP contribution is 2.09. The quantitative estimate of drug-likeness (QED) is 0.314. The number of nitrogens with zero attached hydrogens (tertiary/aromatic N) is 2. The molecule has 0 aliphatic carbocycles. The lowest BCUT2D eigenvalue weighted by Gasteiger charge is -2.13. The van der Waals surface area contributed by atoms with E-state index in [0.717, 1.165) is 11.2 Å². The topological polar surface area (TPSA) is 94.9 Å². The first-order valence-corrected chi connectivity index (χ1v) is 5.55. The van der Waals surface area contributed by atoms with E-state index in [1.807, 2.05) is 0 Å². The molecule has 0 aromatic heterocycles. The molecule has 0 aliphatic heterocycles. The van der Waals surface area contributed by atoms with E-state index < -0.39 is 5.97 Å². The first kappa shape index (κ1) is 16.9. The van der Waals surface area contributed by atoms with Gasteiger partial charge in [-0.3, -0.25) is 4.79 Å². The van der Waals surface area contributed by atoms with Crippen molar-refractivity contribution >= 4 is 35.9 Å². The van der Waals surface area contributed by atoms with E-state index in [2.05, 4.69) is 15.2 Å². The van der Waals surface area contributed by atoms with Crippen LogP contribution in [0.4, 0.5) is 0 Å². The molecule has 1 amide bonds. The second-order valence-electron chi connectivity index (χ2n) is 3.03. The Balaban J connectivity index is 5.63. The molecule has 2 N–H and O–H groups in total. The van der Waals surface area contributed by atoms with Crippen molar-refractivity contribution in [3.63, 3.8) is 0 Å². The summed E-state index contributed by atoms with van der Waals surface area (Å²) >= 11 is 5.83. The standard InChI is InChI=1S/C11H15ClN4O3/c1-4-9(12)10(11(18)19-3)15-16(7-17)8(5-13)6-14-2/h4-7,13-14H,1-3H3/b8-6+,9-4+,13-5?,15-10+. The normalized spacial score (nSPS) is 12.7. The van der Waals surface area contributed by atoms with Crippen LogP contribution in [0.1, 0.15) is 6.92 Å². The Hall–Kier alpha value is -2.15. The molecule has 19 heavy (non-hydrogen) atoms. The monoisotopic (exact) mass is 286 g/mol. The number of ether oxygens (including phenoxy) is 1. The summed E-state index contributed by atoms with van der Waals surface area (Å²) in [6, 6.07) is 0. The summed E-state index contributed by atoms with van der Waals surface area (Å²) in [7, 11) is 2.76. The molecule has 0 bridgehead atoms. The Bertz CT molecular complexity index is 443. The maximum atomic E-state index is 11.5. The van der Waals surface area contributed by atoms with Crippen molar-refractivity contribution < 1.29 is 14.3 Å². The van der Waals surface area contributed by atoms with Gasteiger partial charge in [-0.2, -0.15) is 10.1 Å². The maximum Gasteiger partial charge on any atom is 0.360 e. The molecule has 0 radical (unpaired) electrons. The lowest BCUT2D eigenvalue weighted by atomic mass is 10.3. The van der Waals surface area contributed by atoms with Crippen LogP contribution in [0.3, 0.4) is 0 Å². The zero-order valence-corrected chi connectivity index (χ0v) is 11.6. The van der Waals surface area contributed by atoms with Gasteiger partial charge < -0.3 is 15.5 Å². The molecule has 8 heteroatoms. The fourth-order valence-electron chi connectivity index (χ4n) is 0.991. The Morgan fingerprint density at radius 3 is 2.53 bits per heavy atom. The van der Waals surface area contributed by atoms with Crippen molar-refractivity contribution in [1.82, 2.24) is 10.3 Å². The van der Waals surface area contributed by atoms with Gasteiger partial charge in [-0.15, -0.1) is 0 Å². The second kappa shape index (κ2) is 8.87. The molecular formula is C11H15ClN4O3. The average Bonchev–Trinajstić information content (AvgIpc) is 2.45. The van der Waals surface area contributed by atoms with Crippen LogP contribution in [0.5, 0.6) is 0 Å². The third-order valence-electron chi connectivity index (χ3n) is 1.87.